The highest BCUT2D eigenvalue weighted by molar-refractivity contribution is 6.61. The van der Waals surface area contributed by atoms with Gasteiger partial charge in [-0.1, -0.05) is 72.8 Å². The van der Waals surface area contributed by atoms with E-state index < -0.39 is 31.3 Å². The van der Waals surface area contributed by atoms with Crippen molar-refractivity contribution in [1.82, 2.24) is 0 Å². The summed E-state index contributed by atoms with van der Waals surface area (Å²) in [5.74, 6) is -0.675. The van der Waals surface area contributed by atoms with Crippen LogP contribution in [-0.2, 0) is 25.3 Å². The van der Waals surface area contributed by atoms with Crippen LogP contribution >= 0.6 is 0 Å². The van der Waals surface area contributed by atoms with Crippen LogP contribution in [0.2, 0.25) is 0 Å². The lowest BCUT2D eigenvalue weighted by molar-refractivity contribution is -0.147. The molecule has 7 nitrogen and oxygen atoms in total. The Hall–Kier alpha value is -2.49. The van der Waals surface area contributed by atoms with Crippen molar-refractivity contribution in [2.24, 2.45) is 11.8 Å². The molecule has 0 aromatic heterocycles. The van der Waals surface area contributed by atoms with Crippen LogP contribution in [0.25, 0.3) is 0 Å². The minimum atomic E-state index is -1.30. The van der Waals surface area contributed by atoms with Gasteiger partial charge in [0.05, 0.1) is 24.4 Å². The molecule has 1 aliphatic heterocycles. The molecule has 40 heavy (non-hydrogen) atoms. The molecule has 1 heterocycles. The maximum absolute atomic E-state index is 11.8. The molecule has 2 aromatic rings. The van der Waals surface area contributed by atoms with Crippen molar-refractivity contribution < 1.29 is 34.2 Å². The Bertz CT molecular complexity index is 1060. The number of fused-ring (bicyclic) bond motifs is 2. The van der Waals surface area contributed by atoms with Gasteiger partial charge in [-0.25, -0.2) is 0 Å². The van der Waals surface area contributed by atoms with Gasteiger partial charge in [-0.05, 0) is 69.3 Å². The van der Waals surface area contributed by atoms with Crippen molar-refractivity contribution in [3.05, 3.63) is 78.4 Å². The maximum Gasteiger partial charge on any atom is 0.494 e. The molecule has 1 saturated carbocycles. The van der Waals surface area contributed by atoms with Crippen LogP contribution in [-0.4, -0.2) is 65.0 Å². The number of benzene rings is 2. The van der Waals surface area contributed by atoms with E-state index in [1.807, 2.05) is 74.5 Å². The quantitative estimate of drug-likeness (QED) is 0.143. The van der Waals surface area contributed by atoms with Crippen LogP contribution in [0.5, 0.6) is 0 Å². The normalized spacial score (nSPS) is 24.8. The maximum atomic E-state index is 11.8. The standard InChI is InChI=1S/C32H43BO7/c1-22(2)38-29(35)18-12-4-3-11-17-25-27-21-28(40-33(39-27)24-15-9-6-10-16-24)30(25)32(37)31(36)26(34)20-19-23-13-7-5-8-14-23/h3,5-11,13-16,22,25-28,30-32,34,36-37H,4,12,17-21H2,1-2H3/b11-3-/t25-,26+,27-,28+,30+,31+,32-/m0/s1. The topological polar surface area (TPSA) is 105 Å². The Kier molecular flexibility index (Phi) is 11.4. The second kappa shape index (κ2) is 14.9. The largest absolute Gasteiger partial charge is 0.494 e. The smallest absolute Gasteiger partial charge is 0.463 e. The van der Waals surface area contributed by atoms with Crippen molar-refractivity contribution in [3.8, 4) is 0 Å². The van der Waals surface area contributed by atoms with E-state index >= 15 is 0 Å². The van der Waals surface area contributed by atoms with Gasteiger partial charge in [0.15, 0.2) is 0 Å². The molecule has 2 aromatic carbocycles. The predicted octanol–water partition coefficient (Wildman–Crippen LogP) is 3.59. The predicted molar refractivity (Wildman–Crippen MR) is 155 cm³/mol. The summed E-state index contributed by atoms with van der Waals surface area (Å²) in [5.41, 5.74) is 1.99. The van der Waals surface area contributed by atoms with Gasteiger partial charge in [0, 0.05) is 18.4 Å². The highest BCUT2D eigenvalue weighted by atomic mass is 16.6. The third-order valence-corrected chi connectivity index (χ3v) is 7.94. The van der Waals surface area contributed by atoms with E-state index in [4.69, 9.17) is 14.0 Å². The summed E-state index contributed by atoms with van der Waals surface area (Å²) in [7, 11) is -0.541. The molecule has 0 amide bonds. The number of ether oxygens (including phenoxy) is 1. The van der Waals surface area contributed by atoms with E-state index in [1.165, 1.54) is 0 Å². The fourth-order valence-electron chi connectivity index (χ4n) is 5.93. The molecule has 3 N–H and O–H groups in total. The molecule has 0 unspecified atom stereocenters. The van der Waals surface area contributed by atoms with E-state index in [2.05, 4.69) is 12.2 Å². The molecule has 1 saturated heterocycles. The molecule has 4 rings (SSSR count). The number of carbonyl (C=O) groups excluding carboxylic acids is 1. The molecule has 1 aliphatic carbocycles. The van der Waals surface area contributed by atoms with Crippen LogP contribution in [0, 0.1) is 11.8 Å². The van der Waals surface area contributed by atoms with Gasteiger partial charge in [0.25, 0.3) is 0 Å². The highest BCUT2D eigenvalue weighted by Crippen LogP contribution is 2.45. The third kappa shape index (κ3) is 8.27. The molecule has 216 valence electrons. The van der Waals surface area contributed by atoms with Gasteiger partial charge in [0.2, 0.25) is 0 Å². The minimum absolute atomic E-state index is 0.0909. The summed E-state index contributed by atoms with van der Waals surface area (Å²) in [6.07, 6.45) is 4.05. The molecule has 0 radical (unpaired) electrons. The second-order valence-electron chi connectivity index (χ2n) is 11.3. The number of aliphatic hydroxyl groups excluding tert-OH is 3. The number of aliphatic hydroxyl groups is 3. The molecule has 2 aliphatic rings. The number of carbonyl (C=O) groups is 1. The second-order valence-corrected chi connectivity index (χ2v) is 11.3. The van der Waals surface area contributed by atoms with E-state index in [0.717, 1.165) is 17.4 Å². The first-order valence-corrected chi connectivity index (χ1v) is 14.6. The molecule has 8 heteroatoms. The van der Waals surface area contributed by atoms with Crippen molar-refractivity contribution in [2.75, 3.05) is 0 Å². The fraction of sp³-hybridized carbons (Fsp3) is 0.531. The molecule has 7 atom stereocenters. The summed E-state index contributed by atoms with van der Waals surface area (Å²) < 4.78 is 17.9. The summed E-state index contributed by atoms with van der Waals surface area (Å²) in [5, 5.41) is 33.3. The van der Waals surface area contributed by atoms with Gasteiger partial charge in [-0.3, -0.25) is 4.79 Å². The lowest BCUT2D eigenvalue weighted by Crippen LogP contribution is -2.48. The van der Waals surface area contributed by atoms with Crippen LogP contribution in [0.3, 0.4) is 0 Å². The average molecular weight is 551 g/mol. The van der Waals surface area contributed by atoms with E-state index in [1.54, 1.807) is 0 Å². The SMILES string of the molecule is CC(C)OC(=O)CCC/C=C\C[C@@H]1[C@@H]([C@H](O)[C@H](O)[C@H](O)CCc2ccccc2)[C@H]2C[C@@H]1OB(c1ccccc1)O2. The van der Waals surface area contributed by atoms with Crippen LogP contribution in [0.15, 0.2) is 72.8 Å². The summed E-state index contributed by atoms with van der Waals surface area (Å²) in [4.78, 5) is 11.8. The lowest BCUT2D eigenvalue weighted by Gasteiger charge is -2.33. The zero-order valence-corrected chi connectivity index (χ0v) is 23.5. The number of allylic oxidation sites excluding steroid dienone is 2. The lowest BCUT2D eigenvalue weighted by atomic mass is 9.77. The zero-order valence-electron chi connectivity index (χ0n) is 23.5. The first-order chi connectivity index (χ1) is 19.3. The Morgan fingerprint density at radius 3 is 2.38 bits per heavy atom. The van der Waals surface area contributed by atoms with Gasteiger partial charge in [-0.15, -0.1) is 0 Å². The first-order valence-electron chi connectivity index (χ1n) is 14.6. The Labute approximate surface area is 238 Å². The molecule has 2 fully saturated rings. The van der Waals surface area contributed by atoms with Crippen molar-refractivity contribution in [3.63, 3.8) is 0 Å². The van der Waals surface area contributed by atoms with Crippen molar-refractivity contribution in [2.45, 2.75) is 95.4 Å². The molecular formula is C32H43BO7. The van der Waals surface area contributed by atoms with E-state index in [9.17, 15) is 20.1 Å². The molecule has 0 spiro atoms. The third-order valence-electron chi connectivity index (χ3n) is 7.94. The number of hydrogen-bond donors (Lipinski definition) is 3. The van der Waals surface area contributed by atoms with E-state index in [0.29, 0.717) is 38.5 Å². The summed E-state index contributed by atoms with van der Waals surface area (Å²) >= 11 is 0. The van der Waals surface area contributed by atoms with Gasteiger partial charge < -0.3 is 29.4 Å². The van der Waals surface area contributed by atoms with Crippen LogP contribution in [0.4, 0.5) is 0 Å². The average Bonchev–Trinajstić information content (AvgIpc) is 3.21. The van der Waals surface area contributed by atoms with Gasteiger partial charge >= 0.3 is 13.1 Å². The van der Waals surface area contributed by atoms with Crippen molar-refractivity contribution in [1.29, 1.82) is 0 Å². The number of hydrogen-bond acceptors (Lipinski definition) is 7. The summed E-state index contributed by atoms with van der Waals surface area (Å²) in [6.45, 7) is 3.68. The van der Waals surface area contributed by atoms with Gasteiger partial charge in [-0.2, -0.15) is 0 Å². The zero-order chi connectivity index (χ0) is 28.5. The Morgan fingerprint density at radius 1 is 1.00 bits per heavy atom. The van der Waals surface area contributed by atoms with Gasteiger partial charge in [0.1, 0.15) is 6.10 Å². The Balaban J connectivity index is 1.40. The molecular weight excluding hydrogens is 507 g/mol. The fourth-order valence-corrected chi connectivity index (χ4v) is 5.93. The summed E-state index contributed by atoms with van der Waals surface area (Å²) in [6, 6.07) is 19.5. The van der Waals surface area contributed by atoms with Crippen molar-refractivity contribution >= 4 is 18.6 Å². The van der Waals surface area contributed by atoms with Crippen LogP contribution < -0.4 is 5.46 Å². The highest BCUT2D eigenvalue weighted by Gasteiger charge is 2.54. The monoisotopic (exact) mass is 550 g/mol. The number of aryl methyl sites for hydroxylation is 1. The minimum Gasteiger partial charge on any atom is -0.463 e. The molecule has 2 bridgehead atoms. The number of rotatable bonds is 14. The van der Waals surface area contributed by atoms with Crippen LogP contribution in [0.1, 0.15) is 57.9 Å². The first kappa shape index (κ1) is 30.5. The Morgan fingerprint density at radius 2 is 1.68 bits per heavy atom. The number of unbranched alkanes of at least 4 members (excludes halogenated alkanes) is 1. The van der Waals surface area contributed by atoms with E-state index in [-0.39, 0.29) is 30.2 Å². The number of esters is 1.